The molecule has 20 heavy (non-hydrogen) atoms. The van der Waals surface area contributed by atoms with E-state index < -0.39 is 0 Å². The van der Waals surface area contributed by atoms with Gasteiger partial charge in [-0.1, -0.05) is 35.3 Å². The molecule has 0 fully saturated rings. The molecule has 2 N–H and O–H groups in total. The minimum Gasteiger partial charge on any atom is -0.489 e. The van der Waals surface area contributed by atoms with Crippen LogP contribution in [0.5, 0.6) is 5.75 Å². The number of benzene rings is 2. The third kappa shape index (κ3) is 3.66. The lowest BCUT2D eigenvalue weighted by molar-refractivity contribution is 0.301. The van der Waals surface area contributed by atoms with Gasteiger partial charge >= 0.3 is 0 Å². The molecule has 0 heterocycles. The van der Waals surface area contributed by atoms with E-state index in [-0.39, 0.29) is 6.04 Å². The predicted molar refractivity (Wildman–Crippen MR) is 84.6 cm³/mol. The molecule has 1 atom stereocenters. The van der Waals surface area contributed by atoms with Gasteiger partial charge in [-0.05, 0) is 43.7 Å². The van der Waals surface area contributed by atoms with Gasteiger partial charge in [0.2, 0.25) is 0 Å². The van der Waals surface area contributed by atoms with Gasteiger partial charge in [-0.3, -0.25) is 0 Å². The van der Waals surface area contributed by atoms with E-state index in [2.05, 4.69) is 0 Å². The van der Waals surface area contributed by atoms with Crippen molar-refractivity contribution in [3.63, 3.8) is 0 Å². The summed E-state index contributed by atoms with van der Waals surface area (Å²) in [5.41, 5.74) is 8.90. The monoisotopic (exact) mass is 309 g/mol. The van der Waals surface area contributed by atoms with E-state index in [4.69, 9.17) is 33.7 Å². The molecule has 0 saturated heterocycles. The molecule has 0 aliphatic rings. The quantitative estimate of drug-likeness (QED) is 0.871. The van der Waals surface area contributed by atoms with Crippen molar-refractivity contribution < 1.29 is 4.74 Å². The minimum absolute atomic E-state index is 0.141. The molecule has 0 spiro atoms. The first-order valence-electron chi connectivity index (χ1n) is 6.40. The minimum atomic E-state index is -0.141. The van der Waals surface area contributed by atoms with Gasteiger partial charge in [0.25, 0.3) is 0 Å². The Morgan fingerprint density at radius 3 is 2.55 bits per heavy atom. The van der Waals surface area contributed by atoms with Crippen LogP contribution < -0.4 is 10.5 Å². The third-order valence-corrected chi connectivity index (χ3v) is 3.64. The average Bonchev–Trinajstić information content (AvgIpc) is 2.38. The standard InChI is InChI=1S/C16H17Cl2NO/c1-10-3-4-12(15(18)7-10)9-20-16-6-5-13(17)8-14(16)11(2)19/h3-8,11H,9,19H2,1-2H3/t11-/m0/s1. The van der Waals surface area contributed by atoms with Crippen LogP contribution in [0.25, 0.3) is 0 Å². The van der Waals surface area contributed by atoms with Crippen molar-refractivity contribution >= 4 is 23.2 Å². The molecule has 2 aromatic rings. The van der Waals surface area contributed by atoms with Crippen molar-refractivity contribution in [2.24, 2.45) is 5.73 Å². The van der Waals surface area contributed by atoms with Crippen LogP contribution in [0.2, 0.25) is 10.0 Å². The summed E-state index contributed by atoms with van der Waals surface area (Å²) >= 11 is 12.2. The van der Waals surface area contributed by atoms with Crippen LogP contribution >= 0.6 is 23.2 Å². The summed E-state index contributed by atoms with van der Waals surface area (Å²) < 4.78 is 5.84. The van der Waals surface area contributed by atoms with Gasteiger partial charge in [-0.2, -0.15) is 0 Å². The summed E-state index contributed by atoms with van der Waals surface area (Å²) in [5.74, 6) is 0.737. The van der Waals surface area contributed by atoms with Gasteiger partial charge in [-0.15, -0.1) is 0 Å². The maximum atomic E-state index is 6.20. The third-order valence-electron chi connectivity index (χ3n) is 3.05. The van der Waals surface area contributed by atoms with E-state index in [0.717, 1.165) is 22.4 Å². The smallest absolute Gasteiger partial charge is 0.124 e. The van der Waals surface area contributed by atoms with Crippen LogP contribution in [-0.4, -0.2) is 0 Å². The van der Waals surface area contributed by atoms with E-state index >= 15 is 0 Å². The van der Waals surface area contributed by atoms with Crippen LogP contribution in [0.3, 0.4) is 0 Å². The first-order chi connectivity index (χ1) is 9.47. The highest BCUT2D eigenvalue weighted by atomic mass is 35.5. The molecule has 0 amide bonds. The lowest BCUT2D eigenvalue weighted by Gasteiger charge is -2.15. The first-order valence-corrected chi connectivity index (χ1v) is 7.16. The molecule has 4 heteroatoms. The summed E-state index contributed by atoms with van der Waals surface area (Å²) in [6, 6.07) is 11.2. The molecule has 2 aromatic carbocycles. The Morgan fingerprint density at radius 1 is 1.15 bits per heavy atom. The number of ether oxygens (including phenoxy) is 1. The van der Waals surface area contributed by atoms with Crippen LogP contribution in [0.1, 0.15) is 29.7 Å². The normalized spacial score (nSPS) is 12.2. The van der Waals surface area contributed by atoms with Crippen LogP contribution in [-0.2, 0) is 6.61 Å². The highest BCUT2D eigenvalue weighted by Gasteiger charge is 2.10. The van der Waals surface area contributed by atoms with E-state index in [1.165, 1.54) is 0 Å². The van der Waals surface area contributed by atoms with Crippen LogP contribution in [0, 0.1) is 6.92 Å². The number of aryl methyl sites for hydroxylation is 1. The maximum absolute atomic E-state index is 6.20. The second-order valence-corrected chi connectivity index (χ2v) is 5.70. The molecule has 0 aromatic heterocycles. The number of hydrogen-bond donors (Lipinski definition) is 1. The van der Waals surface area contributed by atoms with E-state index in [1.807, 2.05) is 44.2 Å². The number of nitrogens with two attached hydrogens (primary N) is 1. The molecule has 0 bridgehead atoms. The number of rotatable bonds is 4. The zero-order valence-corrected chi connectivity index (χ0v) is 13.0. The van der Waals surface area contributed by atoms with Gasteiger partial charge in [-0.25, -0.2) is 0 Å². The summed E-state index contributed by atoms with van der Waals surface area (Å²) in [5, 5.41) is 1.36. The van der Waals surface area contributed by atoms with Gasteiger partial charge < -0.3 is 10.5 Å². The Hall–Kier alpha value is -1.22. The average molecular weight is 310 g/mol. The van der Waals surface area contributed by atoms with Crippen molar-refractivity contribution in [1.29, 1.82) is 0 Å². The molecule has 0 aliphatic heterocycles. The molecule has 0 unspecified atom stereocenters. The zero-order chi connectivity index (χ0) is 14.7. The van der Waals surface area contributed by atoms with Gasteiger partial charge in [0.15, 0.2) is 0 Å². The fraction of sp³-hybridized carbons (Fsp3) is 0.250. The second kappa shape index (κ2) is 6.49. The lowest BCUT2D eigenvalue weighted by Crippen LogP contribution is -2.08. The first kappa shape index (κ1) is 15.2. The molecule has 0 aliphatic carbocycles. The Balaban J connectivity index is 2.18. The topological polar surface area (TPSA) is 35.2 Å². The predicted octanol–water partition coefficient (Wildman–Crippen LogP) is 4.90. The van der Waals surface area contributed by atoms with Gasteiger partial charge in [0, 0.05) is 27.2 Å². The summed E-state index contributed by atoms with van der Waals surface area (Å²) in [4.78, 5) is 0. The van der Waals surface area contributed by atoms with Crippen LogP contribution in [0.15, 0.2) is 36.4 Å². The van der Waals surface area contributed by atoms with Crippen LogP contribution in [0.4, 0.5) is 0 Å². The summed E-state index contributed by atoms with van der Waals surface area (Å²) in [6.07, 6.45) is 0. The van der Waals surface area contributed by atoms with Crippen molar-refractivity contribution in [2.45, 2.75) is 26.5 Å². The van der Waals surface area contributed by atoms with Crippen molar-refractivity contribution in [3.05, 3.63) is 63.1 Å². The van der Waals surface area contributed by atoms with E-state index in [1.54, 1.807) is 6.07 Å². The largest absolute Gasteiger partial charge is 0.489 e. The zero-order valence-electron chi connectivity index (χ0n) is 11.5. The molecule has 0 radical (unpaired) electrons. The SMILES string of the molecule is Cc1ccc(COc2ccc(Cl)cc2[C@H](C)N)c(Cl)c1. The molecular weight excluding hydrogens is 293 g/mol. The fourth-order valence-electron chi connectivity index (χ4n) is 1.93. The van der Waals surface area contributed by atoms with Crippen molar-refractivity contribution in [3.8, 4) is 5.75 Å². The van der Waals surface area contributed by atoms with Gasteiger partial charge in [0.05, 0.1) is 0 Å². The second-order valence-electron chi connectivity index (χ2n) is 4.85. The molecular formula is C16H17Cl2NO. The Labute approximate surface area is 129 Å². The van der Waals surface area contributed by atoms with Crippen molar-refractivity contribution in [2.75, 3.05) is 0 Å². The highest BCUT2D eigenvalue weighted by Crippen LogP contribution is 2.28. The maximum Gasteiger partial charge on any atom is 0.124 e. The summed E-state index contributed by atoms with van der Waals surface area (Å²) in [7, 11) is 0. The molecule has 106 valence electrons. The van der Waals surface area contributed by atoms with E-state index in [9.17, 15) is 0 Å². The van der Waals surface area contributed by atoms with Gasteiger partial charge in [0.1, 0.15) is 12.4 Å². The Morgan fingerprint density at radius 2 is 1.90 bits per heavy atom. The lowest BCUT2D eigenvalue weighted by atomic mass is 10.1. The number of hydrogen-bond acceptors (Lipinski definition) is 2. The molecule has 0 saturated carbocycles. The molecule has 2 nitrogen and oxygen atoms in total. The Kier molecular flexibility index (Phi) is 4.92. The van der Waals surface area contributed by atoms with E-state index in [0.29, 0.717) is 16.7 Å². The molecule has 2 rings (SSSR count). The fourth-order valence-corrected chi connectivity index (χ4v) is 2.40. The Bertz CT molecular complexity index is 611. The number of halogens is 2. The highest BCUT2D eigenvalue weighted by molar-refractivity contribution is 6.31. The van der Waals surface area contributed by atoms with Crippen molar-refractivity contribution in [1.82, 2.24) is 0 Å². The summed E-state index contributed by atoms with van der Waals surface area (Å²) in [6.45, 7) is 4.31.